The Morgan fingerprint density at radius 1 is 0.570 bits per heavy atom. The number of hydrogen-bond donors (Lipinski definition) is 4. The number of hydrogen-bond acceptors (Lipinski definition) is 14. The van der Waals surface area contributed by atoms with E-state index in [1.165, 1.54) is 23.9 Å². The minimum atomic E-state index is -0.927. The van der Waals surface area contributed by atoms with Crippen LogP contribution in [0, 0.1) is 10.8 Å². The number of nitrogens with zero attached hydrogens (tertiary/aromatic N) is 4. The van der Waals surface area contributed by atoms with Crippen molar-refractivity contribution in [2.24, 2.45) is 10.8 Å². The molecule has 0 aliphatic carbocycles. The van der Waals surface area contributed by atoms with Crippen LogP contribution in [0.3, 0.4) is 0 Å². The van der Waals surface area contributed by atoms with Crippen LogP contribution < -0.4 is 21.3 Å². The lowest BCUT2D eigenvalue weighted by atomic mass is 9.83. The molecule has 0 radical (unpaired) electrons. The average molecular weight is 1230 g/mol. The Balaban J connectivity index is 0.954. The average Bonchev–Trinajstić information content (AvgIpc) is 1.76. The van der Waals surface area contributed by atoms with Crippen molar-refractivity contribution < 1.29 is 57.3 Å². The molecular weight excluding hydrogens is 1140 g/mol. The number of benzene rings is 3. The molecule has 4 fully saturated rings. The van der Waals surface area contributed by atoms with Crippen LogP contribution in [0.4, 0.5) is 9.59 Å². The number of fused-ring (bicyclic) bond motifs is 2. The molecule has 0 unspecified atom stereocenters. The summed E-state index contributed by atoms with van der Waals surface area (Å²) in [5.74, 6) is -1.19. The van der Waals surface area contributed by atoms with E-state index < -0.39 is 94.4 Å². The maximum absolute atomic E-state index is 14.7. The lowest BCUT2D eigenvalue weighted by molar-refractivity contribution is -0.144. The molecule has 7 rings (SSSR count). The number of carbonyl (C=O) groups is 8. The van der Waals surface area contributed by atoms with Gasteiger partial charge in [0.05, 0.1) is 49.3 Å². The molecular formula is C64H90N8O12S2. The van der Waals surface area contributed by atoms with Gasteiger partial charge in [-0.2, -0.15) is 0 Å². The van der Waals surface area contributed by atoms with Gasteiger partial charge in [-0.15, -0.1) is 23.5 Å². The van der Waals surface area contributed by atoms with Crippen molar-refractivity contribution in [1.29, 1.82) is 0 Å². The van der Waals surface area contributed by atoms with Crippen LogP contribution in [0.1, 0.15) is 143 Å². The van der Waals surface area contributed by atoms with Crippen molar-refractivity contribution in [3.63, 3.8) is 0 Å². The van der Waals surface area contributed by atoms with E-state index in [1.54, 1.807) is 88.7 Å². The fraction of sp³-hybridized carbons (Fsp3) is 0.594. The topological polar surface area (TPSA) is 235 Å². The van der Waals surface area contributed by atoms with Gasteiger partial charge in [0, 0.05) is 14.1 Å². The second-order valence-electron chi connectivity index (χ2n) is 26.4. The van der Waals surface area contributed by atoms with E-state index in [1.807, 2.05) is 113 Å². The molecule has 0 saturated carbocycles. The van der Waals surface area contributed by atoms with Crippen LogP contribution in [0.25, 0.3) is 0 Å². The molecule has 0 bridgehead atoms. The Labute approximate surface area is 516 Å². The summed E-state index contributed by atoms with van der Waals surface area (Å²) in [6.45, 7) is 22.3. The molecule has 8 amide bonds. The van der Waals surface area contributed by atoms with Crippen molar-refractivity contribution in [2.75, 3.05) is 38.8 Å². The van der Waals surface area contributed by atoms with Crippen LogP contribution in [0.15, 0.2) is 84.9 Å². The number of thioether (sulfide) groups is 2. The summed E-state index contributed by atoms with van der Waals surface area (Å²) in [6, 6.07) is 20.4. The summed E-state index contributed by atoms with van der Waals surface area (Å²) in [7, 11) is 2.96. The predicted octanol–water partition coefficient (Wildman–Crippen LogP) is 8.10. The van der Waals surface area contributed by atoms with Crippen molar-refractivity contribution in [3.05, 3.63) is 107 Å². The number of rotatable bonds is 20. The van der Waals surface area contributed by atoms with Gasteiger partial charge in [0.2, 0.25) is 35.4 Å². The van der Waals surface area contributed by atoms with E-state index in [2.05, 4.69) is 21.3 Å². The summed E-state index contributed by atoms with van der Waals surface area (Å²) >= 11 is 3.19. The SMILES string of the molecule is C[C@@H](C(=O)N[C@H]1CCS[C@H]2CC(C)(C)[C@@H](C(=O)N[C@H](COCc3ccc(COC[C@@H](NC(=O)[C@H]4N5C(=O)[C@@H](NC(=O)[C@H](C)N(C)C(=O)OC(C)(C)C)CCS[C@H]5CC4(C)C)c4ccccc4)cc3)c3ccccc3)N2C1=O)N(C)C(=O)OC(C)(C)C. The number of nitrogens with one attached hydrogen (secondary N) is 4. The maximum Gasteiger partial charge on any atom is 0.410 e. The third kappa shape index (κ3) is 17.0. The Hall–Kier alpha value is -6.36. The highest BCUT2D eigenvalue weighted by atomic mass is 32.2. The Morgan fingerprint density at radius 3 is 1.23 bits per heavy atom. The molecule has 86 heavy (non-hydrogen) atoms. The van der Waals surface area contributed by atoms with Gasteiger partial charge in [-0.3, -0.25) is 38.6 Å². The molecule has 4 aliphatic heterocycles. The molecule has 22 heteroatoms. The monoisotopic (exact) mass is 1230 g/mol. The highest BCUT2D eigenvalue weighted by Gasteiger charge is 2.56. The molecule has 0 spiro atoms. The van der Waals surface area contributed by atoms with Crippen LogP contribution in [-0.4, -0.2) is 164 Å². The third-order valence-electron chi connectivity index (χ3n) is 16.2. The molecule has 10 atom stereocenters. The predicted molar refractivity (Wildman–Crippen MR) is 331 cm³/mol. The van der Waals surface area contributed by atoms with Gasteiger partial charge in [0.15, 0.2) is 0 Å². The van der Waals surface area contributed by atoms with Gasteiger partial charge in [-0.1, -0.05) is 113 Å². The molecule has 3 aromatic carbocycles. The highest BCUT2D eigenvalue weighted by Crippen LogP contribution is 2.48. The van der Waals surface area contributed by atoms with Gasteiger partial charge >= 0.3 is 12.2 Å². The van der Waals surface area contributed by atoms with Gasteiger partial charge in [0.1, 0.15) is 47.5 Å². The zero-order valence-electron chi connectivity index (χ0n) is 52.4. The lowest BCUT2D eigenvalue weighted by Gasteiger charge is -2.35. The first-order valence-electron chi connectivity index (χ1n) is 29.7. The van der Waals surface area contributed by atoms with E-state index in [9.17, 15) is 38.4 Å². The van der Waals surface area contributed by atoms with Crippen molar-refractivity contribution in [1.82, 2.24) is 40.9 Å². The zero-order valence-corrected chi connectivity index (χ0v) is 54.1. The quantitative estimate of drug-likeness (QED) is 0.0837. The molecule has 3 aromatic rings. The molecule has 4 heterocycles. The number of carbonyl (C=O) groups excluding carboxylic acids is 8. The molecule has 20 nitrogen and oxygen atoms in total. The molecule has 4 aliphatic rings. The molecule has 0 aromatic heterocycles. The van der Waals surface area contributed by atoms with Gasteiger partial charge in [-0.05, 0) is 126 Å². The first-order chi connectivity index (χ1) is 40.4. The van der Waals surface area contributed by atoms with Crippen molar-refractivity contribution in [3.8, 4) is 0 Å². The van der Waals surface area contributed by atoms with Crippen LogP contribution in [-0.2, 0) is 60.9 Å². The minimum absolute atomic E-state index is 0.128. The Morgan fingerprint density at radius 2 is 0.907 bits per heavy atom. The zero-order chi connectivity index (χ0) is 63.1. The highest BCUT2D eigenvalue weighted by molar-refractivity contribution is 8.00. The largest absolute Gasteiger partial charge is 0.444 e. The minimum Gasteiger partial charge on any atom is -0.444 e. The van der Waals surface area contributed by atoms with Gasteiger partial charge in [0.25, 0.3) is 0 Å². The summed E-state index contributed by atoms with van der Waals surface area (Å²) < 4.78 is 23.6. The fourth-order valence-corrected chi connectivity index (χ4v) is 14.4. The second-order valence-corrected chi connectivity index (χ2v) is 28.9. The van der Waals surface area contributed by atoms with E-state index in [0.29, 0.717) is 37.2 Å². The molecule has 4 saturated heterocycles. The maximum atomic E-state index is 14.7. The van der Waals surface area contributed by atoms with E-state index in [0.717, 1.165) is 22.3 Å². The van der Waals surface area contributed by atoms with Gasteiger partial charge < -0.3 is 50.0 Å². The second kappa shape index (κ2) is 28.2. The standard InChI is InChI=1S/C64H90N8O12S2/c1-39(69(13)59(79)83-61(3,4)5)53(73)65-45-29-31-85-49-33-63(9,10)51(71(49)57(45)77)55(75)67-47(43-21-17-15-18-22-43)37-81-35-41-25-27-42(28-26-41)36-82-38-48(44-23-19-16-20-24-44)68-56(76)52-64(11,12)34-50-72(52)58(78)46(30-32-86-50)66-54(74)40(2)70(14)60(80)84-62(6,7)8/h15-28,39-40,45-52H,29-38H2,1-14H3,(H,65,73)(H,66,74)(H,67,75)(H,68,76)/t39-,40-,45-,46-,47+,48+,49-,50-,51+,52+/m0/s1. The van der Waals surface area contributed by atoms with Crippen LogP contribution >= 0.6 is 23.5 Å². The first kappa shape index (κ1) is 67.2. The number of ether oxygens (including phenoxy) is 4. The van der Waals surface area contributed by atoms with Crippen molar-refractivity contribution >= 4 is 71.2 Å². The summed E-state index contributed by atoms with van der Waals surface area (Å²) in [5, 5.41) is 11.7. The lowest BCUT2D eigenvalue weighted by Crippen LogP contribution is -2.58. The van der Waals surface area contributed by atoms with E-state index in [-0.39, 0.29) is 60.8 Å². The Bertz CT molecular complexity index is 2690. The summed E-state index contributed by atoms with van der Waals surface area (Å²) in [6.07, 6.45) is 0.549. The number of amides is 8. The molecule has 470 valence electrons. The van der Waals surface area contributed by atoms with Crippen molar-refractivity contribution in [2.45, 2.75) is 192 Å². The normalized spacial score (nSPS) is 23.2. The molecule has 4 N–H and O–H groups in total. The van der Waals surface area contributed by atoms with Gasteiger partial charge in [-0.25, -0.2) is 9.59 Å². The smallest absolute Gasteiger partial charge is 0.410 e. The Kier molecular flexibility index (Phi) is 22.0. The number of likely N-dealkylation sites (N-methyl/N-ethyl adjacent to an activating group) is 2. The summed E-state index contributed by atoms with van der Waals surface area (Å²) in [4.78, 5) is 117. The summed E-state index contributed by atoms with van der Waals surface area (Å²) in [5.41, 5.74) is 0.687. The van der Waals surface area contributed by atoms with Crippen LogP contribution in [0.5, 0.6) is 0 Å². The first-order valence-corrected chi connectivity index (χ1v) is 31.8. The van der Waals surface area contributed by atoms with E-state index in [4.69, 9.17) is 18.9 Å². The fourth-order valence-electron chi connectivity index (χ4n) is 11.3. The van der Waals surface area contributed by atoms with E-state index >= 15 is 0 Å². The third-order valence-corrected chi connectivity index (χ3v) is 18.7. The van der Waals surface area contributed by atoms with Crippen LogP contribution in [0.2, 0.25) is 0 Å².